The topological polar surface area (TPSA) is 55.8 Å². The largest absolute Gasteiger partial charge is 0.462 e. The normalized spacial score (nSPS) is 14.0. The van der Waals surface area contributed by atoms with Gasteiger partial charge in [0, 0.05) is 11.1 Å². The minimum Gasteiger partial charge on any atom is -0.462 e. The molecule has 0 saturated carbocycles. The first-order valence-corrected chi connectivity index (χ1v) is 7.19. The molecule has 0 radical (unpaired) electrons. The number of ether oxygens (including phenoxy) is 2. The Morgan fingerprint density at radius 2 is 1.62 bits per heavy atom. The Kier molecular flexibility index (Phi) is 9.37. The molecule has 21 heavy (non-hydrogen) atoms. The predicted octanol–water partition coefficient (Wildman–Crippen LogP) is 2.67. The van der Waals surface area contributed by atoms with Gasteiger partial charge in [-0.1, -0.05) is 25.5 Å². The molecule has 0 aliphatic heterocycles. The molecular formula is C16H27NO4. The first kappa shape index (κ1) is 19.4. The highest BCUT2D eigenvalue weighted by Gasteiger charge is 2.12. The van der Waals surface area contributed by atoms with Gasteiger partial charge >= 0.3 is 11.9 Å². The average Bonchev–Trinajstić information content (AvgIpc) is 2.43. The molecule has 0 aromatic rings. The molecule has 1 atom stereocenters. The van der Waals surface area contributed by atoms with Gasteiger partial charge in [0.1, 0.15) is 0 Å². The van der Waals surface area contributed by atoms with Crippen LogP contribution in [0.15, 0.2) is 23.3 Å². The third kappa shape index (κ3) is 8.30. The second-order valence-corrected chi connectivity index (χ2v) is 5.16. The maximum absolute atomic E-state index is 11.8. The molecule has 0 rings (SSSR count). The van der Waals surface area contributed by atoms with Gasteiger partial charge in [-0.05, 0) is 41.3 Å². The van der Waals surface area contributed by atoms with E-state index < -0.39 is 5.97 Å². The van der Waals surface area contributed by atoms with Gasteiger partial charge in [-0.2, -0.15) is 0 Å². The molecule has 0 saturated heterocycles. The van der Waals surface area contributed by atoms with Crippen molar-refractivity contribution in [2.75, 3.05) is 20.7 Å². The number of carbonyl (C=O) groups is 2. The highest BCUT2D eigenvalue weighted by atomic mass is 16.6. The van der Waals surface area contributed by atoms with Crippen LogP contribution in [-0.2, 0) is 19.1 Å². The quantitative estimate of drug-likeness (QED) is 0.227. The van der Waals surface area contributed by atoms with Gasteiger partial charge in [-0.15, -0.1) is 0 Å². The summed E-state index contributed by atoms with van der Waals surface area (Å²) in [5.41, 5.74) is 0.892. The van der Waals surface area contributed by atoms with Crippen LogP contribution in [-0.4, -0.2) is 43.8 Å². The van der Waals surface area contributed by atoms with E-state index in [0.29, 0.717) is 17.8 Å². The monoisotopic (exact) mass is 297 g/mol. The molecule has 0 amide bonds. The first-order chi connectivity index (χ1) is 9.79. The summed E-state index contributed by atoms with van der Waals surface area (Å²) in [6.07, 6.45) is 4.67. The van der Waals surface area contributed by atoms with E-state index in [1.165, 1.54) is 0 Å². The molecule has 0 heterocycles. The third-order valence-electron chi connectivity index (χ3n) is 2.96. The SMILES string of the molecule is CCCCOC(=O)/C(C)=C/C=C(\C)C(=O)OC(C)N(C)C. The van der Waals surface area contributed by atoms with Crippen LogP contribution in [0.1, 0.15) is 40.5 Å². The van der Waals surface area contributed by atoms with Crippen molar-refractivity contribution >= 4 is 11.9 Å². The second kappa shape index (κ2) is 10.2. The summed E-state index contributed by atoms with van der Waals surface area (Å²) in [7, 11) is 3.65. The zero-order valence-electron chi connectivity index (χ0n) is 13.9. The van der Waals surface area contributed by atoms with Gasteiger partial charge in [-0.3, -0.25) is 4.90 Å². The van der Waals surface area contributed by atoms with Crippen LogP contribution in [0.2, 0.25) is 0 Å². The molecule has 0 spiro atoms. The molecular weight excluding hydrogens is 270 g/mol. The van der Waals surface area contributed by atoms with Crippen molar-refractivity contribution in [1.29, 1.82) is 0 Å². The van der Waals surface area contributed by atoms with Crippen molar-refractivity contribution in [3.8, 4) is 0 Å². The lowest BCUT2D eigenvalue weighted by Crippen LogP contribution is -2.30. The molecule has 0 bridgehead atoms. The first-order valence-electron chi connectivity index (χ1n) is 7.19. The van der Waals surface area contributed by atoms with Gasteiger partial charge in [0.15, 0.2) is 6.23 Å². The number of allylic oxidation sites excluding steroid dienone is 2. The maximum atomic E-state index is 11.8. The Morgan fingerprint density at radius 3 is 2.10 bits per heavy atom. The molecule has 0 N–H and O–H groups in total. The van der Waals surface area contributed by atoms with Crippen LogP contribution in [0.5, 0.6) is 0 Å². The fraction of sp³-hybridized carbons (Fsp3) is 0.625. The second-order valence-electron chi connectivity index (χ2n) is 5.16. The standard InChI is InChI=1S/C16H27NO4/c1-7-8-11-20-15(18)12(2)9-10-13(3)16(19)21-14(4)17(5)6/h9-10,14H,7-8,11H2,1-6H3/b12-9+,13-10+. The molecule has 0 aliphatic rings. The fourth-order valence-corrected chi connectivity index (χ4v) is 1.16. The summed E-state index contributed by atoms with van der Waals surface area (Å²) in [5, 5.41) is 0. The number of carbonyl (C=O) groups excluding carboxylic acids is 2. The molecule has 0 aliphatic carbocycles. The zero-order valence-corrected chi connectivity index (χ0v) is 13.9. The minimum atomic E-state index is -0.403. The van der Waals surface area contributed by atoms with E-state index in [9.17, 15) is 9.59 Å². The summed E-state index contributed by atoms with van der Waals surface area (Å²) in [6.45, 7) is 7.55. The van der Waals surface area contributed by atoms with Crippen molar-refractivity contribution in [3.05, 3.63) is 23.3 Å². The molecule has 0 aromatic carbocycles. The zero-order chi connectivity index (χ0) is 16.4. The molecule has 120 valence electrons. The minimum absolute atomic E-state index is 0.301. The predicted molar refractivity (Wildman–Crippen MR) is 82.6 cm³/mol. The average molecular weight is 297 g/mol. The molecule has 5 heteroatoms. The fourth-order valence-electron chi connectivity index (χ4n) is 1.16. The van der Waals surface area contributed by atoms with Crippen molar-refractivity contribution in [1.82, 2.24) is 4.90 Å². The maximum Gasteiger partial charge on any atom is 0.335 e. The van der Waals surface area contributed by atoms with E-state index in [-0.39, 0.29) is 12.2 Å². The van der Waals surface area contributed by atoms with Gasteiger partial charge in [-0.25, -0.2) is 9.59 Å². The lowest BCUT2D eigenvalue weighted by Gasteiger charge is -2.19. The van der Waals surface area contributed by atoms with Crippen LogP contribution in [0.3, 0.4) is 0 Å². The summed E-state index contributed by atoms with van der Waals surface area (Å²) in [4.78, 5) is 25.2. The van der Waals surface area contributed by atoms with Gasteiger partial charge in [0.2, 0.25) is 0 Å². The van der Waals surface area contributed by atoms with Crippen LogP contribution < -0.4 is 0 Å². The number of nitrogens with zero attached hydrogens (tertiary/aromatic N) is 1. The van der Waals surface area contributed by atoms with Gasteiger partial charge in [0.25, 0.3) is 0 Å². The number of rotatable bonds is 8. The summed E-state index contributed by atoms with van der Waals surface area (Å²) < 4.78 is 10.3. The number of esters is 2. The number of hydrogen-bond donors (Lipinski definition) is 0. The molecule has 1 unspecified atom stereocenters. The van der Waals surface area contributed by atoms with E-state index in [1.807, 2.05) is 21.0 Å². The van der Waals surface area contributed by atoms with Gasteiger partial charge in [0.05, 0.1) is 6.61 Å². The Bertz CT molecular complexity index is 411. The Hall–Kier alpha value is -1.62. The lowest BCUT2D eigenvalue weighted by atomic mass is 10.2. The van der Waals surface area contributed by atoms with Crippen LogP contribution in [0.4, 0.5) is 0 Å². The summed E-state index contributed by atoms with van der Waals surface area (Å²) >= 11 is 0. The van der Waals surface area contributed by atoms with E-state index in [1.54, 1.807) is 37.8 Å². The Labute approximate surface area is 127 Å². The Morgan fingerprint density at radius 1 is 1.10 bits per heavy atom. The summed E-state index contributed by atoms with van der Waals surface area (Å²) in [6, 6.07) is 0. The summed E-state index contributed by atoms with van der Waals surface area (Å²) in [5.74, 6) is -0.762. The van der Waals surface area contributed by atoms with E-state index in [0.717, 1.165) is 12.8 Å². The molecule has 0 aromatic heterocycles. The van der Waals surface area contributed by atoms with Crippen molar-refractivity contribution < 1.29 is 19.1 Å². The van der Waals surface area contributed by atoms with Crippen molar-refractivity contribution in [3.63, 3.8) is 0 Å². The van der Waals surface area contributed by atoms with Crippen molar-refractivity contribution in [2.45, 2.75) is 46.8 Å². The number of hydrogen-bond acceptors (Lipinski definition) is 5. The Balaban J connectivity index is 4.51. The van der Waals surface area contributed by atoms with Crippen LogP contribution in [0.25, 0.3) is 0 Å². The van der Waals surface area contributed by atoms with E-state index in [2.05, 4.69) is 0 Å². The van der Waals surface area contributed by atoms with Crippen LogP contribution in [0, 0.1) is 0 Å². The van der Waals surface area contributed by atoms with E-state index in [4.69, 9.17) is 9.47 Å². The smallest absolute Gasteiger partial charge is 0.335 e. The third-order valence-corrected chi connectivity index (χ3v) is 2.96. The lowest BCUT2D eigenvalue weighted by molar-refractivity contribution is -0.150. The van der Waals surface area contributed by atoms with Crippen molar-refractivity contribution in [2.24, 2.45) is 0 Å². The van der Waals surface area contributed by atoms with Crippen LogP contribution >= 0.6 is 0 Å². The number of unbranched alkanes of at least 4 members (excludes halogenated alkanes) is 1. The molecule has 0 fully saturated rings. The van der Waals surface area contributed by atoms with Gasteiger partial charge < -0.3 is 9.47 Å². The highest BCUT2D eigenvalue weighted by Crippen LogP contribution is 2.05. The highest BCUT2D eigenvalue weighted by molar-refractivity contribution is 5.90. The van der Waals surface area contributed by atoms with E-state index >= 15 is 0 Å². The molecule has 5 nitrogen and oxygen atoms in total.